The van der Waals surface area contributed by atoms with Crippen LogP contribution in [0.15, 0.2) is 0 Å². The van der Waals surface area contributed by atoms with E-state index in [-0.39, 0.29) is 51.9 Å². The van der Waals surface area contributed by atoms with Crippen molar-refractivity contribution in [1.82, 2.24) is 10.4 Å². The maximum atomic E-state index is 11.9. The van der Waals surface area contributed by atoms with Crippen LogP contribution in [0.5, 0.6) is 0 Å². The van der Waals surface area contributed by atoms with E-state index < -0.39 is 53.7 Å². The second-order valence-electron chi connectivity index (χ2n) is 7.66. The first kappa shape index (κ1) is 29.5. The minimum Gasteiger partial charge on any atom is -0.462 e. The molecule has 14 nitrogen and oxygen atoms in total. The number of hydroxylamine groups is 2. The number of ether oxygens (including phenoxy) is 3. The fourth-order valence-corrected chi connectivity index (χ4v) is 2.77. The van der Waals surface area contributed by atoms with E-state index in [1.807, 2.05) is 0 Å². The zero-order valence-corrected chi connectivity index (χ0v) is 19.7. The van der Waals surface area contributed by atoms with Crippen molar-refractivity contribution in [2.75, 3.05) is 19.8 Å². The molecule has 2 atom stereocenters. The second-order valence-corrected chi connectivity index (χ2v) is 7.66. The van der Waals surface area contributed by atoms with E-state index >= 15 is 0 Å². The molecule has 1 aliphatic heterocycles. The number of unbranched alkanes of at least 4 members (excludes halogenated alkanes) is 1. The Labute approximate surface area is 201 Å². The molecule has 35 heavy (non-hydrogen) atoms. The van der Waals surface area contributed by atoms with E-state index in [9.17, 15) is 33.6 Å². The van der Waals surface area contributed by atoms with E-state index in [1.54, 1.807) is 0 Å². The summed E-state index contributed by atoms with van der Waals surface area (Å²) in [6.07, 6.45) is -0.156. The van der Waals surface area contributed by atoms with Gasteiger partial charge in [0.1, 0.15) is 19.3 Å². The molecule has 0 aromatic heterocycles. The monoisotopic (exact) mass is 501 g/mol. The summed E-state index contributed by atoms with van der Waals surface area (Å²) in [5.41, 5.74) is 5.70. The summed E-state index contributed by atoms with van der Waals surface area (Å²) >= 11 is 0. The Bertz CT molecular complexity index is 798. The van der Waals surface area contributed by atoms with E-state index in [0.29, 0.717) is 17.9 Å². The number of carbonyl (C=O) groups is 7. The molecule has 2 unspecified atom stereocenters. The summed E-state index contributed by atoms with van der Waals surface area (Å²) in [5, 5.41) is 3.04. The lowest BCUT2D eigenvalue weighted by molar-refractivity contribution is -0.198. The van der Waals surface area contributed by atoms with Crippen LogP contribution in [0.3, 0.4) is 0 Å². The second kappa shape index (κ2) is 15.4. The van der Waals surface area contributed by atoms with Gasteiger partial charge in [0.15, 0.2) is 6.10 Å². The molecule has 3 N–H and O–H groups in total. The van der Waals surface area contributed by atoms with Crippen molar-refractivity contribution in [1.29, 1.82) is 0 Å². The van der Waals surface area contributed by atoms with Gasteiger partial charge in [-0.25, -0.2) is 4.79 Å². The Morgan fingerprint density at radius 2 is 1.57 bits per heavy atom. The Kier molecular flexibility index (Phi) is 12.9. The number of nitrogens with zero attached hydrogens (tertiary/aromatic N) is 1. The van der Waals surface area contributed by atoms with Gasteiger partial charge in [0.2, 0.25) is 5.91 Å². The highest BCUT2D eigenvalue weighted by Gasteiger charge is 2.34. The summed E-state index contributed by atoms with van der Waals surface area (Å²) in [6.45, 7) is 2.02. The van der Waals surface area contributed by atoms with Crippen molar-refractivity contribution in [3.63, 3.8) is 0 Å². The van der Waals surface area contributed by atoms with E-state index in [1.165, 1.54) is 6.92 Å². The van der Waals surface area contributed by atoms with Gasteiger partial charge >= 0.3 is 23.9 Å². The minimum absolute atomic E-state index is 0.0103. The van der Waals surface area contributed by atoms with Crippen molar-refractivity contribution >= 4 is 41.6 Å². The lowest BCUT2D eigenvalue weighted by atomic mass is 10.1. The minimum atomic E-state index is -1.03. The van der Waals surface area contributed by atoms with Gasteiger partial charge in [0.05, 0.1) is 6.42 Å². The maximum absolute atomic E-state index is 11.9. The normalized spacial score (nSPS) is 14.7. The average Bonchev–Trinajstić information content (AvgIpc) is 3.10. The SMILES string of the molecule is CC(=O)OCC(COC(=O)CCC(=O)NCCCCC(N)C(=O)ON1C(=O)CCC1=O)OC(C)=O. The van der Waals surface area contributed by atoms with Crippen molar-refractivity contribution < 1.29 is 52.6 Å². The molecule has 1 saturated heterocycles. The number of amides is 3. The third kappa shape index (κ3) is 12.5. The van der Waals surface area contributed by atoms with Crippen LogP contribution < -0.4 is 11.1 Å². The molecule has 0 aromatic rings. The number of nitrogens with two attached hydrogens (primary N) is 1. The van der Waals surface area contributed by atoms with Gasteiger partial charge in [0, 0.05) is 39.7 Å². The molecular weight excluding hydrogens is 470 g/mol. The van der Waals surface area contributed by atoms with Crippen molar-refractivity contribution in [2.45, 2.75) is 70.9 Å². The summed E-state index contributed by atoms with van der Waals surface area (Å²) in [7, 11) is 0. The lowest BCUT2D eigenvalue weighted by Gasteiger charge is -2.16. The fourth-order valence-electron chi connectivity index (χ4n) is 2.77. The van der Waals surface area contributed by atoms with E-state index in [4.69, 9.17) is 24.8 Å². The van der Waals surface area contributed by atoms with Gasteiger partial charge in [0.25, 0.3) is 11.8 Å². The van der Waals surface area contributed by atoms with Crippen LogP contribution in [-0.2, 0) is 52.6 Å². The first-order chi connectivity index (χ1) is 16.5. The molecule has 3 amide bonds. The molecule has 1 rings (SSSR count). The molecule has 0 aliphatic carbocycles. The number of rotatable bonds is 15. The molecule has 0 aromatic carbocycles. The molecule has 1 aliphatic rings. The largest absolute Gasteiger partial charge is 0.462 e. The summed E-state index contributed by atoms with van der Waals surface area (Å²) in [4.78, 5) is 85.1. The predicted octanol–water partition coefficient (Wildman–Crippen LogP) is -0.974. The predicted molar refractivity (Wildman–Crippen MR) is 114 cm³/mol. The quantitative estimate of drug-likeness (QED) is 0.121. The molecule has 14 heteroatoms. The Hall–Kier alpha value is -3.55. The van der Waals surface area contributed by atoms with Crippen LogP contribution in [0.2, 0.25) is 0 Å². The first-order valence-electron chi connectivity index (χ1n) is 11.1. The van der Waals surface area contributed by atoms with Crippen molar-refractivity contribution in [3.05, 3.63) is 0 Å². The number of hydrogen-bond acceptors (Lipinski definition) is 12. The molecule has 0 bridgehead atoms. The van der Waals surface area contributed by atoms with Gasteiger partial charge in [-0.3, -0.25) is 28.8 Å². The highest BCUT2D eigenvalue weighted by atomic mass is 16.7. The van der Waals surface area contributed by atoms with Gasteiger partial charge in [-0.05, 0) is 19.3 Å². The van der Waals surface area contributed by atoms with Crippen LogP contribution >= 0.6 is 0 Å². The zero-order valence-electron chi connectivity index (χ0n) is 19.7. The van der Waals surface area contributed by atoms with Gasteiger partial charge in [-0.15, -0.1) is 5.06 Å². The lowest BCUT2D eigenvalue weighted by Crippen LogP contribution is -2.40. The third-order valence-electron chi connectivity index (χ3n) is 4.55. The first-order valence-corrected chi connectivity index (χ1v) is 11.1. The smallest absolute Gasteiger partial charge is 0.349 e. The van der Waals surface area contributed by atoms with E-state index in [0.717, 1.165) is 6.92 Å². The maximum Gasteiger partial charge on any atom is 0.349 e. The number of nitrogens with one attached hydrogen (secondary N) is 1. The average molecular weight is 501 g/mol. The summed E-state index contributed by atoms with van der Waals surface area (Å²) in [6, 6.07) is -1.03. The molecule has 0 radical (unpaired) electrons. The Morgan fingerprint density at radius 1 is 0.943 bits per heavy atom. The van der Waals surface area contributed by atoms with Crippen LogP contribution in [-0.4, -0.2) is 78.6 Å². The highest BCUT2D eigenvalue weighted by molar-refractivity contribution is 6.01. The van der Waals surface area contributed by atoms with Gasteiger partial charge in [-0.2, -0.15) is 0 Å². The third-order valence-corrected chi connectivity index (χ3v) is 4.55. The number of esters is 3. The molecule has 1 fully saturated rings. The van der Waals surface area contributed by atoms with E-state index in [2.05, 4.69) is 5.32 Å². The number of imide groups is 1. The van der Waals surface area contributed by atoms with Crippen LogP contribution in [0.4, 0.5) is 0 Å². The van der Waals surface area contributed by atoms with Crippen molar-refractivity contribution in [2.24, 2.45) is 5.73 Å². The van der Waals surface area contributed by atoms with Gasteiger partial charge in [-0.1, -0.05) is 0 Å². The molecule has 1 heterocycles. The topological polar surface area (TPSA) is 198 Å². The number of carbonyl (C=O) groups excluding carboxylic acids is 7. The molecule has 0 saturated carbocycles. The molecule has 196 valence electrons. The Balaban J connectivity index is 2.17. The van der Waals surface area contributed by atoms with Gasteiger partial charge < -0.3 is 30.1 Å². The summed E-state index contributed by atoms with van der Waals surface area (Å²) < 4.78 is 14.6. The van der Waals surface area contributed by atoms with Crippen molar-refractivity contribution in [3.8, 4) is 0 Å². The molecular formula is C21H31N3O11. The number of hydrogen-bond donors (Lipinski definition) is 2. The van der Waals surface area contributed by atoms with Crippen LogP contribution in [0, 0.1) is 0 Å². The van der Waals surface area contributed by atoms with Crippen LogP contribution in [0.25, 0.3) is 0 Å². The summed E-state index contributed by atoms with van der Waals surface area (Å²) in [5.74, 6) is -4.37. The standard InChI is InChI=1S/C21H31N3O11/c1-13(25)32-11-15(34-14(2)26)12-33-20(30)9-6-17(27)23-10-4-3-5-16(22)21(31)35-24-18(28)7-8-19(24)29/h15-16H,3-12,22H2,1-2H3,(H,23,27). The zero-order chi connectivity index (χ0) is 26.4. The molecule has 0 spiro atoms. The highest BCUT2D eigenvalue weighted by Crippen LogP contribution is 2.13. The Morgan fingerprint density at radius 3 is 2.17 bits per heavy atom. The van der Waals surface area contributed by atoms with Crippen LogP contribution in [0.1, 0.15) is 58.8 Å². The fraction of sp³-hybridized carbons (Fsp3) is 0.667.